The number of aryl methyl sites for hydroxylation is 2. The fourth-order valence-electron chi connectivity index (χ4n) is 6.40. The summed E-state index contributed by atoms with van der Waals surface area (Å²) in [5, 5.41) is 0. The largest absolute Gasteiger partial charge is 0.457 e. The molecule has 2 aliphatic rings. The predicted octanol–water partition coefficient (Wildman–Crippen LogP) is 11.4. The van der Waals surface area contributed by atoms with E-state index in [0.717, 1.165) is 50.6 Å². The van der Waals surface area contributed by atoms with Crippen molar-refractivity contribution in [1.29, 1.82) is 0 Å². The zero-order chi connectivity index (χ0) is 38.6. The van der Waals surface area contributed by atoms with Crippen molar-refractivity contribution in [3.8, 4) is 67.1 Å². The Morgan fingerprint density at radius 1 is 0.476 bits per heavy atom. The van der Waals surface area contributed by atoms with Crippen molar-refractivity contribution >= 4 is 0 Å². The zero-order valence-electron chi connectivity index (χ0n) is 34.5. The van der Waals surface area contributed by atoms with Gasteiger partial charge in [-0.3, -0.25) is 0 Å². The fourth-order valence-corrected chi connectivity index (χ4v) is 6.40. The normalized spacial score (nSPS) is 19.0. The monoisotopic (exact) mass is 552 g/mol. The van der Waals surface area contributed by atoms with Gasteiger partial charge in [0.15, 0.2) is 0 Å². The second kappa shape index (κ2) is 9.06. The molecule has 0 fully saturated rings. The molecule has 0 saturated carbocycles. The van der Waals surface area contributed by atoms with Gasteiger partial charge in [0.25, 0.3) is 0 Å². The average molecular weight is 553 g/mol. The highest BCUT2D eigenvalue weighted by Gasteiger charge is 2.35. The Bertz CT molecular complexity index is 2470. The summed E-state index contributed by atoms with van der Waals surface area (Å²) in [5.41, 5.74) is 4.60. The molecule has 1 heteroatoms. The zero-order valence-corrected chi connectivity index (χ0v) is 22.5. The van der Waals surface area contributed by atoms with Crippen LogP contribution in [0.2, 0.25) is 0 Å². The van der Waals surface area contributed by atoms with E-state index in [9.17, 15) is 0 Å². The Balaban J connectivity index is 1.44. The van der Waals surface area contributed by atoms with E-state index in [1.54, 1.807) is 6.07 Å². The molecular weight excluding hydrogens is 508 g/mol. The first kappa shape index (κ1) is 15.4. The minimum atomic E-state index is -3.23. The summed E-state index contributed by atoms with van der Waals surface area (Å²) in [7, 11) is 0. The van der Waals surface area contributed by atoms with Crippen LogP contribution >= 0.6 is 0 Å². The van der Waals surface area contributed by atoms with E-state index in [1.165, 1.54) is 24.3 Å². The maximum Gasteiger partial charge on any atom is 0.131 e. The number of benzene rings is 6. The molecule has 1 aliphatic carbocycles. The molecule has 1 aliphatic heterocycles. The third-order valence-corrected chi connectivity index (χ3v) is 8.40. The molecule has 42 heavy (non-hydrogen) atoms. The van der Waals surface area contributed by atoms with E-state index in [2.05, 4.69) is 18.2 Å². The maximum absolute atomic E-state index is 8.79. The summed E-state index contributed by atoms with van der Waals surface area (Å²) in [6.07, 6.45) is 0. The van der Waals surface area contributed by atoms with Crippen LogP contribution in [0.5, 0.6) is 11.5 Å². The predicted molar refractivity (Wildman–Crippen MR) is 175 cm³/mol. The summed E-state index contributed by atoms with van der Waals surface area (Å²) in [4.78, 5) is 0. The number of hydrogen-bond acceptors (Lipinski definition) is 1. The highest BCUT2D eigenvalue weighted by Crippen LogP contribution is 2.51. The molecule has 1 heterocycles. The fraction of sp³-hybridized carbons (Fsp3) is 0.122. The Morgan fingerprint density at radius 2 is 1.05 bits per heavy atom. The van der Waals surface area contributed by atoms with Gasteiger partial charge in [0.1, 0.15) is 11.5 Å². The quantitative estimate of drug-likeness (QED) is 0.197. The summed E-state index contributed by atoms with van der Waals surface area (Å²) in [6, 6.07) is 35.7. The maximum atomic E-state index is 8.79. The van der Waals surface area contributed by atoms with Gasteiger partial charge in [-0.1, -0.05) is 111 Å². The molecule has 1 nitrogen and oxygen atoms in total. The molecule has 0 bridgehead atoms. The van der Waals surface area contributed by atoms with Crippen molar-refractivity contribution in [3.05, 3.63) is 144 Å². The number of fused-ring (bicyclic) bond motifs is 10. The SMILES string of the molecule is [2H]C([2H])([2H])c1ccc2c(c1)Oc1cc(C([2H])([2H])[2H])c(-c3ccc4c(c3)-c3ccccc3-c3ccccc3-c3ccccc3-4)cc1C2(C([2H])([2H])[2H])C([2H])([2H])[2H]. The lowest BCUT2D eigenvalue weighted by molar-refractivity contribution is 0.417. The van der Waals surface area contributed by atoms with E-state index in [-0.39, 0.29) is 39.3 Å². The molecule has 202 valence electrons. The van der Waals surface area contributed by atoms with Crippen LogP contribution in [0.4, 0.5) is 0 Å². The van der Waals surface area contributed by atoms with Crippen molar-refractivity contribution in [2.24, 2.45) is 0 Å². The molecule has 0 amide bonds. The van der Waals surface area contributed by atoms with Gasteiger partial charge in [-0.2, -0.15) is 0 Å². The van der Waals surface area contributed by atoms with Crippen LogP contribution in [0.3, 0.4) is 0 Å². The first-order chi connectivity index (χ1) is 25.3. The second-order valence-electron chi connectivity index (χ2n) is 10.9. The molecule has 6 aromatic carbocycles. The summed E-state index contributed by atoms with van der Waals surface area (Å²) in [5.74, 6) is -0.557. The van der Waals surface area contributed by atoms with Gasteiger partial charge in [0.05, 0.1) is 0 Å². The summed E-state index contributed by atoms with van der Waals surface area (Å²) in [6.45, 7) is -11.8. The highest BCUT2D eigenvalue weighted by atomic mass is 16.5. The third kappa shape index (κ3) is 3.63. The molecule has 0 radical (unpaired) electrons. The second-order valence-corrected chi connectivity index (χ2v) is 10.9. The van der Waals surface area contributed by atoms with Gasteiger partial charge in [0.2, 0.25) is 0 Å². The van der Waals surface area contributed by atoms with E-state index in [0.29, 0.717) is 5.56 Å². The molecule has 0 saturated heterocycles. The van der Waals surface area contributed by atoms with Gasteiger partial charge < -0.3 is 4.74 Å². The van der Waals surface area contributed by atoms with E-state index in [4.69, 9.17) is 21.2 Å². The lowest BCUT2D eigenvalue weighted by Gasteiger charge is -2.35. The molecule has 0 atom stereocenters. The first-order valence-electron chi connectivity index (χ1n) is 19.8. The number of rotatable bonds is 1. The Kier molecular flexibility index (Phi) is 3.32. The Hall–Kier alpha value is -4.88. The van der Waals surface area contributed by atoms with Crippen molar-refractivity contribution < 1.29 is 21.2 Å². The van der Waals surface area contributed by atoms with Gasteiger partial charge in [-0.15, -0.1) is 0 Å². The van der Waals surface area contributed by atoms with Crippen molar-refractivity contribution in [3.63, 3.8) is 0 Å². The van der Waals surface area contributed by atoms with Gasteiger partial charge in [-0.05, 0) is 105 Å². The van der Waals surface area contributed by atoms with E-state index in [1.807, 2.05) is 66.7 Å². The van der Waals surface area contributed by atoms with Crippen LogP contribution in [0, 0.1) is 13.7 Å². The molecule has 0 spiro atoms. The Labute approximate surface area is 265 Å². The lowest BCUT2D eigenvalue weighted by atomic mass is 9.74. The van der Waals surface area contributed by atoms with Gasteiger partial charge in [-0.25, -0.2) is 0 Å². The van der Waals surface area contributed by atoms with Crippen molar-refractivity contribution in [2.75, 3.05) is 0 Å². The smallest absolute Gasteiger partial charge is 0.131 e. The van der Waals surface area contributed by atoms with Crippen LogP contribution in [-0.2, 0) is 5.41 Å². The van der Waals surface area contributed by atoms with Gasteiger partial charge >= 0.3 is 0 Å². The molecule has 0 aromatic heterocycles. The van der Waals surface area contributed by atoms with Crippen molar-refractivity contribution in [1.82, 2.24) is 0 Å². The molecular formula is C41H32O. The van der Waals surface area contributed by atoms with Crippen molar-refractivity contribution in [2.45, 2.75) is 32.8 Å². The third-order valence-electron chi connectivity index (χ3n) is 8.40. The average Bonchev–Trinajstić information content (AvgIpc) is 3.10. The lowest BCUT2D eigenvalue weighted by Crippen LogP contribution is -2.24. The molecule has 6 aromatic rings. The van der Waals surface area contributed by atoms with Crippen LogP contribution in [0.15, 0.2) is 121 Å². The topological polar surface area (TPSA) is 9.23 Å². The van der Waals surface area contributed by atoms with E-state index >= 15 is 0 Å². The Morgan fingerprint density at radius 3 is 1.62 bits per heavy atom. The molecule has 8 rings (SSSR count). The standard InChI is InChI=1S/C41H32O/c1-25-17-20-37-39(21-25)42-40-22-26(2)35(24-38(40)41(37,3)4)27-18-19-34-32-15-8-7-13-30(32)28-11-5-6-12-29(28)31-14-9-10-16-33(31)36(34)23-27/h5-24H,1-4H3/i1D3,2D3,3D3,4D3. The van der Waals surface area contributed by atoms with Gasteiger partial charge in [0, 0.05) is 33.0 Å². The first-order valence-corrected chi connectivity index (χ1v) is 13.8. The van der Waals surface area contributed by atoms with Crippen LogP contribution < -0.4 is 4.74 Å². The van der Waals surface area contributed by atoms with Crippen LogP contribution in [0.1, 0.15) is 52.4 Å². The summed E-state index contributed by atoms with van der Waals surface area (Å²) < 4.78 is 108. The van der Waals surface area contributed by atoms with E-state index < -0.39 is 32.8 Å². The van der Waals surface area contributed by atoms with Crippen LogP contribution in [0.25, 0.3) is 55.6 Å². The summed E-state index contributed by atoms with van der Waals surface area (Å²) >= 11 is 0. The number of hydrogen-bond donors (Lipinski definition) is 0. The molecule has 0 N–H and O–H groups in total. The minimum absolute atomic E-state index is 0.119. The highest BCUT2D eigenvalue weighted by molar-refractivity contribution is 6.03. The minimum Gasteiger partial charge on any atom is -0.457 e. The number of ether oxygens (including phenoxy) is 1. The molecule has 0 unspecified atom stereocenters. The van der Waals surface area contributed by atoms with Crippen LogP contribution in [-0.4, -0.2) is 0 Å².